The van der Waals surface area contributed by atoms with Crippen LogP contribution in [0, 0.1) is 0 Å². The van der Waals surface area contributed by atoms with Crippen molar-refractivity contribution < 1.29 is 18.9 Å². The van der Waals surface area contributed by atoms with Gasteiger partial charge in [0, 0.05) is 0 Å². The Morgan fingerprint density at radius 2 is 1.41 bits per heavy atom. The van der Waals surface area contributed by atoms with E-state index in [1.54, 1.807) is 0 Å². The predicted molar refractivity (Wildman–Crippen MR) is 68.4 cm³/mol. The Hall–Kier alpha value is -1.00. The van der Waals surface area contributed by atoms with E-state index in [0.717, 1.165) is 6.54 Å². The second-order valence-corrected chi connectivity index (χ2v) is 3.91. The van der Waals surface area contributed by atoms with E-state index in [1.165, 1.54) is 11.1 Å². The first-order valence-corrected chi connectivity index (χ1v) is 5.62. The molecule has 1 unspecified atom stereocenters. The van der Waals surface area contributed by atoms with Gasteiger partial charge in [-0.3, -0.25) is 0 Å². The van der Waals surface area contributed by atoms with Gasteiger partial charge in [0.2, 0.25) is 0 Å². The molecule has 2 heteroatoms. The van der Waals surface area contributed by atoms with Gasteiger partial charge in [0.15, 0.2) is 0 Å². The fraction of sp³-hybridized carbons (Fsp3) is 0.200. The zero-order valence-electron chi connectivity index (χ0n) is 10.5. The van der Waals surface area contributed by atoms with Gasteiger partial charge >= 0.3 is 18.9 Å². The van der Waals surface area contributed by atoms with Crippen molar-refractivity contribution in [1.29, 1.82) is 0 Å². The molecule has 0 bridgehead atoms. The van der Waals surface area contributed by atoms with Crippen LogP contribution in [-0.4, -0.2) is 0 Å². The van der Waals surface area contributed by atoms with Crippen LogP contribution >= 0.6 is 0 Å². The molecule has 2 aromatic rings. The van der Waals surface area contributed by atoms with E-state index in [-0.39, 0.29) is 24.9 Å². The van der Waals surface area contributed by atoms with Crippen molar-refractivity contribution in [3.8, 4) is 0 Å². The van der Waals surface area contributed by atoms with Gasteiger partial charge in [-0.05, 0) is 0 Å². The number of rotatable bonds is 4. The van der Waals surface area contributed by atoms with Crippen molar-refractivity contribution in [3.63, 3.8) is 0 Å². The van der Waals surface area contributed by atoms with Crippen molar-refractivity contribution in [2.75, 3.05) is 0 Å². The van der Waals surface area contributed by atoms with Crippen molar-refractivity contribution in [2.24, 2.45) is 0 Å². The molecule has 1 nitrogen and oxygen atoms in total. The Labute approximate surface area is 115 Å². The summed E-state index contributed by atoms with van der Waals surface area (Å²) in [6.45, 7) is 2.93. The fourth-order valence-electron chi connectivity index (χ4n) is 1.66. The quantitative estimate of drug-likeness (QED) is 0.686. The summed E-state index contributed by atoms with van der Waals surface area (Å²) in [5.74, 6) is 0. The Morgan fingerprint density at radius 3 is 2.00 bits per heavy atom. The van der Waals surface area contributed by atoms with E-state index < -0.39 is 0 Å². The molecule has 0 saturated heterocycles. The summed E-state index contributed by atoms with van der Waals surface area (Å²) in [5.41, 5.74) is 2.55. The van der Waals surface area contributed by atoms with Gasteiger partial charge in [-0.15, -0.1) is 12.6 Å². The van der Waals surface area contributed by atoms with Crippen LogP contribution in [0.3, 0.4) is 0 Å². The van der Waals surface area contributed by atoms with Crippen LogP contribution in [-0.2, 0) is 6.54 Å². The molecular formula is C15H16LiN. The van der Waals surface area contributed by atoms with Gasteiger partial charge < -0.3 is 5.32 Å². The van der Waals surface area contributed by atoms with Crippen molar-refractivity contribution in [1.82, 2.24) is 0 Å². The van der Waals surface area contributed by atoms with Crippen LogP contribution in [0.1, 0.15) is 24.1 Å². The maximum atomic E-state index is 4.66. The third kappa shape index (κ3) is 4.40. The monoisotopic (exact) mass is 217 g/mol. The topological polar surface area (TPSA) is 14.1 Å². The second-order valence-electron chi connectivity index (χ2n) is 3.91. The summed E-state index contributed by atoms with van der Waals surface area (Å²) in [4.78, 5) is 0. The van der Waals surface area contributed by atoms with E-state index in [2.05, 4.69) is 60.8 Å². The zero-order chi connectivity index (χ0) is 11.2. The molecule has 0 amide bonds. The molecular weight excluding hydrogens is 201 g/mol. The number of hydrogen-bond donors (Lipinski definition) is 0. The van der Waals surface area contributed by atoms with E-state index >= 15 is 0 Å². The number of nitrogens with zero attached hydrogens (tertiary/aromatic N) is 1. The molecule has 0 aliphatic heterocycles. The van der Waals surface area contributed by atoms with Crippen LogP contribution in [0.4, 0.5) is 0 Å². The first-order chi connectivity index (χ1) is 7.86. The predicted octanol–water partition coefficient (Wildman–Crippen LogP) is 1.33. The van der Waals surface area contributed by atoms with Crippen LogP contribution in [0.25, 0.3) is 5.32 Å². The van der Waals surface area contributed by atoms with Crippen LogP contribution in [0.5, 0.6) is 0 Å². The van der Waals surface area contributed by atoms with Gasteiger partial charge in [0.1, 0.15) is 0 Å². The van der Waals surface area contributed by atoms with Crippen LogP contribution < -0.4 is 18.9 Å². The van der Waals surface area contributed by atoms with Gasteiger partial charge in [0.25, 0.3) is 0 Å². The zero-order valence-corrected chi connectivity index (χ0v) is 10.5. The molecule has 0 aromatic heterocycles. The summed E-state index contributed by atoms with van der Waals surface area (Å²) in [7, 11) is 0. The summed E-state index contributed by atoms with van der Waals surface area (Å²) < 4.78 is 0. The van der Waals surface area contributed by atoms with E-state index in [1.807, 2.05) is 12.1 Å². The Morgan fingerprint density at radius 1 is 0.882 bits per heavy atom. The van der Waals surface area contributed by atoms with Gasteiger partial charge in [-0.25, -0.2) is 0 Å². The number of hydrogen-bond acceptors (Lipinski definition) is 0. The summed E-state index contributed by atoms with van der Waals surface area (Å²) >= 11 is 0. The first kappa shape index (κ1) is 14.1. The molecule has 0 N–H and O–H groups in total. The molecule has 0 saturated carbocycles. The minimum atomic E-state index is 0. The SMILES string of the molecule is CC([N-]Cc1ccccc1)c1ccccc1.[Li+]. The third-order valence-electron chi connectivity index (χ3n) is 2.67. The molecule has 0 spiro atoms. The fourth-order valence-corrected chi connectivity index (χ4v) is 1.66. The minimum Gasteiger partial charge on any atom is -0.652 e. The molecule has 0 radical (unpaired) electrons. The molecule has 0 aliphatic rings. The van der Waals surface area contributed by atoms with Crippen molar-refractivity contribution in [3.05, 3.63) is 77.1 Å². The largest absolute Gasteiger partial charge is 1.00 e. The molecule has 17 heavy (non-hydrogen) atoms. The summed E-state index contributed by atoms with van der Waals surface area (Å²) in [6.07, 6.45) is 0. The first-order valence-electron chi connectivity index (χ1n) is 5.62. The summed E-state index contributed by atoms with van der Waals surface area (Å²) in [5, 5.41) is 4.66. The standard InChI is InChI=1S/C15H16N.Li/c1-13(15-10-6-3-7-11-15)16-12-14-8-4-2-5-9-14;/h2-11,13H,12H2,1H3;/q-1;+1. The Bertz CT molecular complexity index is 413. The Balaban J connectivity index is 0.00000144. The molecule has 2 rings (SSSR count). The van der Waals surface area contributed by atoms with Crippen LogP contribution in [0.2, 0.25) is 0 Å². The van der Waals surface area contributed by atoms with Gasteiger partial charge in [-0.1, -0.05) is 78.7 Å². The maximum absolute atomic E-state index is 4.66. The number of benzene rings is 2. The van der Waals surface area contributed by atoms with Gasteiger partial charge in [-0.2, -0.15) is 0 Å². The minimum absolute atomic E-state index is 0. The Kier molecular flexibility index (Phi) is 6.08. The van der Waals surface area contributed by atoms with Crippen LogP contribution in [0.15, 0.2) is 60.7 Å². The smallest absolute Gasteiger partial charge is 0.652 e. The normalized spacial score (nSPS) is 11.6. The second kappa shape index (κ2) is 7.35. The van der Waals surface area contributed by atoms with Crippen molar-refractivity contribution >= 4 is 0 Å². The third-order valence-corrected chi connectivity index (χ3v) is 2.67. The summed E-state index contributed by atoms with van der Waals surface area (Å²) in [6, 6.07) is 21.0. The van der Waals surface area contributed by atoms with E-state index in [4.69, 9.17) is 0 Å². The van der Waals surface area contributed by atoms with Crippen molar-refractivity contribution in [2.45, 2.75) is 19.5 Å². The van der Waals surface area contributed by atoms with E-state index in [0.29, 0.717) is 0 Å². The van der Waals surface area contributed by atoms with E-state index in [9.17, 15) is 0 Å². The maximum Gasteiger partial charge on any atom is 1.00 e. The molecule has 0 fully saturated rings. The molecule has 0 aliphatic carbocycles. The molecule has 1 atom stereocenters. The molecule has 0 heterocycles. The van der Waals surface area contributed by atoms with Gasteiger partial charge in [0.05, 0.1) is 0 Å². The molecule has 82 valence electrons. The average Bonchev–Trinajstić information content (AvgIpc) is 2.38. The average molecular weight is 217 g/mol. The molecule has 2 aromatic carbocycles.